The zero-order valence-corrected chi connectivity index (χ0v) is 13.2. The molecule has 1 fully saturated rings. The molecule has 1 aliphatic rings. The topological polar surface area (TPSA) is 63.4 Å². The van der Waals surface area contributed by atoms with Gasteiger partial charge >= 0.3 is 0 Å². The first-order chi connectivity index (χ1) is 10.4. The van der Waals surface area contributed by atoms with Crippen molar-refractivity contribution in [2.75, 3.05) is 6.54 Å². The van der Waals surface area contributed by atoms with Crippen molar-refractivity contribution in [3.05, 3.63) is 47.1 Å². The minimum Gasteiger partial charge on any atom is -0.360 e. The third-order valence-electron chi connectivity index (χ3n) is 3.99. The molecule has 0 bridgehead atoms. The van der Waals surface area contributed by atoms with Gasteiger partial charge in [0.15, 0.2) is 5.76 Å². The van der Waals surface area contributed by atoms with Crippen molar-refractivity contribution in [3.63, 3.8) is 0 Å². The highest BCUT2D eigenvalue weighted by Gasteiger charge is 2.39. The second kappa shape index (κ2) is 5.48. The summed E-state index contributed by atoms with van der Waals surface area (Å²) in [7, 11) is -3.68. The van der Waals surface area contributed by atoms with Crippen LogP contribution in [0.4, 0.5) is 4.39 Å². The van der Waals surface area contributed by atoms with Crippen LogP contribution in [-0.2, 0) is 10.0 Å². The van der Waals surface area contributed by atoms with Crippen molar-refractivity contribution in [1.29, 1.82) is 0 Å². The van der Waals surface area contributed by atoms with E-state index in [4.69, 9.17) is 4.52 Å². The molecule has 2 heterocycles. The lowest BCUT2D eigenvalue weighted by molar-refractivity contribution is 0.384. The fourth-order valence-electron chi connectivity index (χ4n) is 3.01. The van der Waals surface area contributed by atoms with Crippen molar-refractivity contribution in [2.45, 2.75) is 37.6 Å². The summed E-state index contributed by atoms with van der Waals surface area (Å²) < 4.78 is 45.4. The highest BCUT2D eigenvalue weighted by Crippen LogP contribution is 2.37. The maximum atomic E-state index is 13.1. The molecule has 3 rings (SSSR count). The number of benzene rings is 1. The third kappa shape index (κ3) is 2.44. The van der Waals surface area contributed by atoms with Gasteiger partial charge in [-0.05, 0) is 44.4 Å². The lowest BCUT2D eigenvalue weighted by atomic mass is 10.1. The minimum absolute atomic E-state index is 0.140. The molecule has 0 saturated carbocycles. The predicted molar refractivity (Wildman–Crippen MR) is 78.2 cm³/mol. The molecule has 5 nitrogen and oxygen atoms in total. The molecule has 22 heavy (non-hydrogen) atoms. The van der Waals surface area contributed by atoms with Crippen LogP contribution in [0.3, 0.4) is 0 Å². The Morgan fingerprint density at radius 2 is 1.95 bits per heavy atom. The summed E-state index contributed by atoms with van der Waals surface area (Å²) in [5, 5.41) is 3.73. The standard InChI is InChI=1S/C15H17FN2O3S/c1-10-15(11(2)21-17-10)22(19,20)18-9-3-4-14(18)12-5-7-13(16)8-6-12/h5-8,14H,3-4,9H2,1-2H3. The fraction of sp³-hybridized carbons (Fsp3) is 0.400. The Morgan fingerprint density at radius 1 is 1.27 bits per heavy atom. The van der Waals surface area contributed by atoms with Gasteiger partial charge in [0.2, 0.25) is 10.0 Å². The van der Waals surface area contributed by atoms with Gasteiger partial charge in [-0.3, -0.25) is 0 Å². The maximum absolute atomic E-state index is 13.1. The minimum atomic E-state index is -3.68. The molecule has 1 aromatic heterocycles. The summed E-state index contributed by atoms with van der Waals surface area (Å²) in [6, 6.07) is 5.71. The normalized spacial score (nSPS) is 19.7. The van der Waals surface area contributed by atoms with Crippen LogP contribution in [0.1, 0.15) is 35.9 Å². The molecule has 2 aromatic rings. The fourth-order valence-corrected chi connectivity index (χ4v) is 4.98. The van der Waals surface area contributed by atoms with Crippen molar-refractivity contribution in [3.8, 4) is 0 Å². The monoisotopic (exact) mass is 324 g/mol. The average Bonchev–Trinajstić information content (AvgIpc) is 3.07. The van der Waals surface area contributed by atoms with E-state index in [-0.39, 0.29) is 16.8 Å². The van der Waals surface area contributed by atoms with Gasteiger partial charge in [-0.2, -0.15) is 4.31 Å². The highest BCUT2D eigenvalue weighted by atomic mass is 32.2. The Morgan fingerprint density at radius 3 is 2.55 bits per heavy atom. The van der Waals surface area contributed by atoms with Crippen molar-refractivity contribution in [1.82, 2.24) is 9.46 Å². The molecule has 1 aliphatic heterocycles. The summed E-state index contributed by atoms with van der Waals surface area (Å²) in [6.45, 7) is 3.65. The average molecular weight is 324 g/mol. The lowest BCUT2D eigenvalue weighted by Crippen LogP contribution is -2.31. The van der Waals surface area contributed by atoms with E-state index in [0.717, 1.165) is 12.0 Å². The lowest BCUT2D eigenvalue weighted by Gasteiger charge is -2.24. The first-order valence-corrected chi connectivity index (χ1v) is 8.55. The number of aromatic nitrogens is 1. The molecule has 0 amide bonds. The largest absolute Gasteiger partial charge is 0.360 e. The number of sulfonamides is 1. The van der Waals surface area contributed by atoms with Crippen LogP contribution in [0.25, 0.3) is 0 Å². The SMILES string of the molecule is Cc1noc(C)c1S(=O)(=O)N1CCCC1c1ccc(F)cc1. The van der Waals surface area contributed by atoms with E-state index in [2.05, 4.69) is 5.16 Å². The van der Waals surface area contributed by atoms with E-state index in [1.54, 1.807) is 26.0 Å². The number of rotatable bonds is 3. The number of halogens is 1. The quantitative estimate of drug-likeness (QED) is 0.871. The van der Waals surface area contributed by atoms with E-state index in [9.17, 15) is 12.8 Å². The second-order valence-electron chi connectivity index (χ2n) is 5.48. The Labute approximate surface area is 128 Å². The summed E-state index contributed by atoms with van der Waals surface area (Å²) >= 11 is 0. The summed E-state index contributed by atoms with van der Waals surface area (Å²) in [6.07, 6.45) is 1.49. The molecule has 0 N–H and O–H groups in total. The van der Waals surface area contributed by atoms with Crippen LogP contribution < -0.4 is 0 Å². The van der Waals surface area contributed by atoms with Crippen LogP contribution in [-0.4, -0.2) is 24.4 Å². The number of aryl methyl sites for hydroxylation is 2. The number of nitrogens with zero attached hydrogens (tertiary/aromatic N) is 2. The molecule has 118 valence electrons. The van der Waals surface area contributed by atoms with E-state index in [1.807, 2.05) is 0 Å². The van der Waals surface area contributed by atoms with Gasteiger partial charge in [0.1, 0.15) is 16.4 Å². The number of hydrogen-bond acceptors (Lipinski definition) is 4. The molecule has 7 heteroatoms. The molecule has 1 saturated heterocycles. The Hall–Kier alpha value is -1.73. The van der Waals surface area contributed by atoms with Crippen molar-refractivity contribution < 1.29 is 17.3 Å². The van der Waals surface area contributed by atoms with Gasteiger partial charge in [-0.15, -0.1) is 0 Å². The van der Waals surface area contributed by atoms with Gasteiger partial charge in [0, 0.05) is 6.54 Å². The van der Waals surface area contributed by atoms with Gasteiger partial charge in [-0.1, -0.05) is 17.3 Å². The van der Waals surface area contributed by atoms with Crippen LogP contribution in [0, 0.1) is 19.7 Å². The molecular weight excluding hydrogens is 307 g/mol. The molecular formula is C15H17FN2O3S. The summed E-state index contributed by atoms with van der Waals surface area (Å²) in [5.74, 6) is -0.0378. The van der Waals surface area contributed by atoms with Crippen LogP contribution in [0.15, 0.2) is 33.7 Å². The highest BCUT2D eigenvalue weighted by molar-refractivity contribution is 7.89. The second-order valence-corrected chi connectivity index (χ2v) is 7.31. The Kier molecular flexibility index (Phi) is 3.78. The van der Waals surface area contributed by atoms with E-state index in [0.29, 0.717) is 24.4 Å². The molecule has 0 aliphatic carbocycles. The van der Waals surface area contributed by atoms with E-state index < -0.39 is 10.0 Å². The summed E-state index contributed by atoms with van der Waals surface area (Å²) in [5.41, 5.74) is 1.16. The van der Waals surface area contributed by atoms with Crippen molar-refractivity contribution >= 4 is 10.0 Å². The van der Waals surface area contributed by atoms with E-state index >= 15 is 0 Å². The molecule has 0 radical (unpaired) electrons. The molecule has 1 unspecified atom stereocenters. The van der Waals surface area contributed by atoms with E-state index in [1.165, 1.54) is 16.4 Å². The third-order valence-corrected chi connectivity index (χ3v) is 6.15. The molecule has 0 spiro atoms. The van der Waals surface area contributed by atoms with Gasteiger partial charge in [0.05, 0.1) is 6.04 Å². The maximum Gasteiger partial charge on any atom is 0.249 e. The van der Waals surface area contributed by atoms with Crippen LogP contribution >= 0.6 is 0 Å². The first-order valence-electron chi connectivity index (χ1n) is 7.11. The molecule has 1 atom stereocenters. The summed E-state index contributed by atoms with van der Waals surface area (Å²) in [4.78, 5) is 0.140. The van der Waals surface area contributed by atoms with Crippen LogP contribution in [0.5, 0.6) is 0 Å². The smallest absolute Gasteiger partial charge is 0.249 e. The zero-order valence-electron chi connectivity index (χ0n) is 12.4. The number of hydrogen-bond donors (Lipinski definition) is 0. The van der Waals surface area contributed by atoms with Crippen molar-refractivity contribution in [2.24, 2.45) is 0 Å². The van der Waals surface area contributed by atoms with Gasteiger partial charge in [0.25, 0.3) is 0 Å². The molecule has 1 aromatic carbocycles. The first kappa shape index (κ1) is 15.2. The Bertz CT molecular complexity index is 764. The Balaban J connectivity index is 2.01. The van der Waals surface area contributed by atoms with Gasteiger partial charge < -0.3 is 4.52 Å². The zero-order chi connectivity index (χ0) is 15.9. The van der Waals surface area contributed by atoms with Crippen LogP contribution in [0.2, 0.25) is 0 Å². The predicted octanol–water partition coefficient (Wildman–Crippen LogP) is 2.96. The van der Waals surface area contributed by atoms with Gasteiger partial charge in [-0.25, -0.2) is 12.8 Å².